The lowest BCUT2D eigenvalue weighted by atomic mass is 9.91. The van der Waals surface area contributed by atoms with Crippen LogP contribution in [0.15, 0.2) is 249 Å². The van der Waals surface area contributed by atoms with Crippen LogP contribution in [0.1, 0.15) is 17.9 Å². The van der Waals surface area contributed by atoms with Crippen LogP contribution in [-0.4, -0.2) is 19.1 Å². The quantitative estimate of drug-likeness (QED) is 0.153. The maximum Gasteiger partial charge on any atom is 0.160 e. The van der Waals surface area contributed by atoms with Gasteiger partial charge in [0.1, 0.15) is 0 Å². The van der Waals surface area contributed by atoms with Crippen LogP contribution in [0.4, 0.5) is 0 Å². The largest absolute Gasteiger partial charge is 0.309 e. The summed E-state index contributed by atoms with van der Waals surface area (Å²) >= 11 is 0. The Hall–Kier alpha value is -8.86. The van der Waals surface area contributed by atoms with Crippen molar-refractivity contribution in [3.63, 3.8) is 0 Å². The first-order chi connectivity index (χ1) is 33.7. The molecule has 9 aromatic carbocycles. The highest BCUT2D eigenvalue weighted by atomic mass is 15.0. The second-order valence-electron chi connectivity index (χ2n) is 17.7. The Labute approximate surface area is 395 Å². The van der Waals surface area contributed by atoms with Gasteiger partial charge in [-0.25, -0.2) is 9.97 Å². The minimum Gasteiger partial charge on any atom is -0.309 e. The molecule has 0 radical (unpaired) electrons. The van der Waals surface area contributed by atoms with Crippen molar-refractivity contribution in [2.75, 3.05) is 0 Å². The topological polar surface area (TPSA) is 35.6 Å². The third-order valence-corrected chi connectivity index (χ3v) is 13.7. The SMILES string of the molecule is C1=CCC(c2ccc(-c3cc(-c4ccccc4)nc(-c4cccc(-c5ccc6c(c5)c5ccccc5n6-c5cccc(-c6ccc7c8ccccc8n(-c8ccccc8)c7c6)c5)c4)n3)cc2)C=C1. The summed E-state index contributed by atoms with van der Waals surface area (Å²) in [5, 5.41) is 4.92. The molecule has 0 saturated heterocycles. The van der Waals surface area contributed by atoms with E-state index in [4.69, 9.17) is 9.97 Å². The molecule has 0 N–H and O–H groups in total. The smallest absolute Gasteiger partial charge is 0.160 e. The lowest BCUT2D eigenvalue weighted by Gasteiger charge is -2.14. The summed E-state index contributed by atoms with van der Waals surface area (Å²) in [5.41, 5.74) is 17.8. The van der Waals surface area contributed by atoms with Crippen molar-refractivity contribution in [2.24, 2.45) is 0 Å². The van der Waals surface area contributed by atoms with E-state index in [-0.39, 0.29) is 0 Å². The minimum atomic E-state index is 0.396. The van der Waals surface area contributed by atoms with E-state index in [1.807, 2.05) is 6.07 Å². The fourth-order valence-corrected chi connectivity index (χ4v) is 10.3. The molecule has 3 heterocycles. The summed E-state index contributed by atoms with van der Waals surface area (Å²) in [6, 6.07) is 81.0. The highest BCUT2D eigenvalue weighted by Gasteiger charge is 2.18. The molecule has 0 amide bonds. The van der Waals surface area contributed by atoms with Gasteiger partial charge in [-0.05, 0) is 101 Å². The normalized spacial score (nSPS) is 13.6. The van der Waals surface area contributed by atoms with Crippen molar-refractivity contribution in [3.8, 4) is 67.5 Å². The molecule has 0 aliphatic heterocycles. The third-order valence-electron chi connectivity index (χ3n) is 13.7. The maximum absolute atomic E-state index is 5.24. The van der Waals surface area contributed by atoms with E-state index in [9.17, 15) is 0 Å². The molecule has 13 rings (SSSR count). The number of benzene rings is 9. The van der Waals surface area contributed by atoms with Crippen LogP contribution < -0.4 is 0 Å². The van der Waals surface area contributed by atoms with Crippen LogP contribution in [0.3, 0.4) is 0 Å². The van der Waals surface area contributed by atoms with Gasteiger partial charge < -0.3 is 9.13 Å². The van der Waals surface area contributed by atoms with Crippen molar-refractivity contribution in [3.05, 3.63) is 254 Å². The molecule has 320 valence electrons. The summed E-state index contributed by atoms with van der Waals surface area (Å²) < 4.78 is 4.80. The average Bonchev–Trinajstić information content (AvgIpc) is 3.94. The van der Waals surface area contributed by atoms with E-state index < -0.39 is 0 Å². The molecule has 3 aromatic heterocycles. The molecule has 1 atom stereocenters. The van der Waals surface area contributed by atoms with E-state index in [0.29, 0.717) is 11.7 Å². The van der Waals surface area contributed by atoms with E-state index >= 15 is 0 Å². The Bertz CT molecular complexity index is 3930. The number of hydrogen-bond donors (Lipinski definition) is 0. The first-order valence-corrected chi connectivity index (χ1v) is 23.4. The molecule has 1 unspecified atom stereocenters. The first kappa shape index (κ1) is 39.5. The van der Waals surface area contributed by atoms with Crippen LogP contribution in [0.25, 0.3) is 111 Å². The van der Waals surface area contributed by atoms with Crippen LogP contribution in [-0.2, 0) is 0 Å². The number of fused-ring (bicyclic) bond motifs is 6. The lowest BCUT2D eigenvalue weighted by molar-refractivity contribution is 0.854. The summed E-state index contributed by atoms with van der Waals surface area (Å²) in [6.45, 7) is 0. The second-order valence-corrected chi connectivity index (χ2v) is 17.7. The van der Waals surface area contributed by atoms with Crippen LogP contribution in [0.5, 0.6) is 0 Å². The number of aromatic nitrogens is 4. The molecule has 12 aromatic rings. The zero-order valence-corrected chi connectivity index (χ0v) is 37.2. The van der Waals surface area contributed by atoms with Gasteiger partial charge in [-0.3, -0.25) is 0 Å². The van der Waals surface area contributed by atoms with Crippen molar-refractivity contribution in [1.29, 1.82) is 0 Å². The monoisotopic (exact) mass is 868 g/mol. The molecule has 4 heteroatoms. The van der Waals surface area contributed by atoms with Crippen molar-refractivity contribution < 1.29 is 0 Å². The van der Waals surface area contributed by atoms with Gasteiger partial charge >= 0.3 is 0 Å². The van der Waals surface area contributed by atoms with Crippen LogP contribution >= 0.6 is 0 Å². The fraction of sp³-hybridized carbons (Fsp3) is 0.0312. The van der Waals surface area contributed by atoms with Gasteiger partial charge in [-0.2, -0.15) is 0 Å². The third kappa shape index (κ3) is 6.94. The number of rotatable bonds is 8. The van der Waals surface area contributed by atoms with E-state index in [1.54, 1.807) is 0 Å². The second kappa shape index (κ2) is 16.5. The van der Waals surface area contributed by atoms with Gasteiger partial charge in [0.2, 0.25) is 0 Å². The maximum atomic E-state index is 5.24. The predicted molar refractivity (Wildman–Crippen MR) is 284 cm³/mol. The van der Waals surface area contributed by atoms with Crippen LogP contribution in [0, 0.1) is 0 Å². The van der Waals surface area contributed by atoms with Gasteiger partial charge in [0, 0.05) is 55.5 Å². The minimum absolute atomic E-state index is 0.396. The summed E-state index contributed by atoms with van der Waals surface area (Å²) in [4.78, 5) is 10.4. The molecule has 0 bridgehead atoms. The van der Waals surface area contributed by atoms with Crippen molar-refractivity contribution >= 4 is 43.6 Å². The Morgan fingerprint density at radius 2 is 0.868 bits per heavy atom. The number of allylic oxidation sites excluding steroid dienone is 4. The fourth-order valence-electron chi connectivity index (χ4n) is 10.3. The van der Waals surface area contributed by atoms with E-state index in [0.717, 1.165) is 62.5 Å². The standard InChI is InChI=1S/C64H44N4/c1-4-16-43(17-5-1)44-30-32-46(33-31-44)59-42-58(45-18-6-2-7-19-45)65-64(66-59)51-22-14-20-47(38-51)49-35-37-62-57(40-49)55-27-11-13-29-61(55)68(62)53-25-15-21-48(39-53)50-34-36-56-54-26-10-12-28-60(54)67(63(56)41-50)52-23-8-3-9-24-52/h1-16,18-43H,17H2. The summed E-state index contributed by atoms with van der Waals surface area (Å²) in [6.07, 6.45) is 9.80. The Morgan fingerprint density at radius 3 is 1.62 bits per heavy atom. The van der Waals surface area contributed by atoms with Crippen LogP contribution in [0.2, 0.25) is 0 Å². The average molecular weight is 869 g/mol. The van der Waals surface area contributed by atoms with Gasteiger partial charge in [0.05, 0.1) is 33.5 Å². The molecular weight excluding hydrogens is 825 g/mol. The highest BCUT2D eigenvalue weighted by Crippen LogP contribution is 2.39. The molecule has 0 fully saturated rings. The molecule has 1 aliphatic rings. The van der Waals surface area contributed by atoms with Gasteiger partial charge in [0.15, 0.2) is 5.82 Å². The number of para-hydroxylation sites is 3. The highest BCUT2D eigenvalue weighted by molar-refractivity contribution is 6.11. The summed E-state index contributed by atoms with van der Waals surface area (Å²) in [5.74, 6) is 1.10. The molecule has 68 heavy (non-hydrogen) atoms. The predicted octanol–water partition coefficient (Wildman–Crippen LogP) is 16.6. The Morgan fingerprint density at radius 1 is 0.338 bits per heavy atom. The molecule has 0 saturated carbocycles. The lowest BCUT2D eigenvalue weighted by Crippen LogP contribution is -1.98. The van der Waals surface area contributed by atoms with Gasteiger partial charge in [0.25, 0.3) is 0 Å². The zero-order valence-electron chi connectivity index (χ0n) is 37.2. The van der Waals surface area contributed by atoms with E-state index in [1.165, 1.54) is 54.8 Å². The van der Waals surface area contributed by atoms with Crippen molar-refractivity contribution in [1.82, 2.24) is 19.1 Å². The molecule has 4 nitrogen and oxygen atoms in total. The Balaban J connectivity index is 0.880. The zero-order chi connectivity index (χ0) is 45.0. The van der Waals surface area contributed by atoms with E-state index in [2.05, 4.69) is 252 Å². The van der Waals surface area contributed by atoms with Gasteiger partial charge in [-0.1, -0.05) is 182 Å². The molecular formula is C64H44N4. The summed E-state index contributed by atoms with van der Waals surface area (Å²) in [7, 11) is 0. The molecule has 1 aliphatic carbocycles. The number of nitrogens with zero attached hydrogens (tertiary/aromatic N) is 4. The van der Waals surface area contributed by atoms with Crippen molar-refractivity contribution in [2.45, 2.75) is 12.3 Å². The first-order valence-electron chi connectivity index (χ1n) is 23.4. The number of hydrogen-bond acceptors (Lipinski definition) is 2. The van der Waals surface area contributed by atoms with Gasteiger partial charge in [-0.15, -0.1) is 0 Å². The molecule has 0 spiro atoms. The Kier molecular flexibility index (Phi) is 9.61.